The fourth-order valence-electron chi connectivity index (χ4n) is 3.15. The molecular formula is C18H33NO4. The van der Waals surface area contributed by atoms with Crippen LogP contribution in [-0.4, -0.2) is 23.8 Å². The van der Waals surface area contributed by atoms with Crippen LogP contribution in [0.4, 0.5) is 4.79 Å². The third-order valence-corrected chi connectivity index (χ3v) is 4.53. The third-order valence-electron chi connectivity index (χ3n) is 4.53. The van der Waals surface area contributed by atoms with E-state index in [4.69, 9.17) is 15.2 Å². The summed E-state index contributed by atoms with van der Waals surface area (Å²) in [5.74, 6) is 0.115. The minimum Gasteiger partial charge on any atom is -0.461 e. The molecule has 0 aromatic heterocycles. The zero-order valence-electron chi connectivity index (χ0n) is 14.9. The number of rotatable bonds is 12. The first-order valence-corrected chi connectivity index (χ1v) is 9.04. The number of esters is 1. The number of primary amides is 1. The van der Waals surface area contributed by atoms with Gasteiger partial charge < -0.3 is 15.2 Å². The Labute approximate surface area is 140 Å². The summed E-state index contributed by atoms with van der Waals surface area (Å²) in [5.41, 5.74) is 4.55. The van der Waals surface area contributed by atoms with E-state index in [9.17, 15) is 9.59 Å². The molecule has 0 unspecified atom stereocenters. The topological polar surface area (TPSA) is 78.6 Å². The van der Waals surface area contributed by atoms with E-state index in [-0.39, 0.29) is 18.0 Å². The summed E-state index contributed by atoms with van der Waals surface area (Å²) in [7, 11) is 0. The normalized spacial score (nSPS) is 20.7. The maximum Gasteiger partial charge on any atom is 0.405 e. The summed E-state index contributed by atoms with van der Waals surface area (Å²) >= 11 is 0. The van der Waals surface area contributed by atoms with Gasteiger partial charge in [-0.2, -0.15) is 0 Å². The molecule has 1 heterocycles. The second-order valence-corrected chi connectivity index (χ2v) is 7.21. The summed E-state index contributed by atoms with van der Waals surface area (Å²) in [5, 5.41) is 0. The number of ether oxygens (including phenoxy) is 2. The fraction of sp³-hybridized carbons (Fsp3) is 0.889. The molecule has 0 bridgehead atoms. The third kappa shape index (κ3) is 7.71. The van der Waals surface area contributed by atoms with Crippen molar-refractivity contribution in [1.82, 2.24) is 0 Å². The lowest BCUT2D eigenvalue weighted by atomic mass is 9.87. The van der Waals surface area contributed by atoms with Crippen LogP contribution in [-0.2, 0) is 14.3 Å². The number of hydrogen-bond donors (Lipinski definition) is 1. The number of nitrogens with two attached hydrogens (primary N) is 1. The van der Waals surface area contributed by atoms with Gasteiger partial charge >= 0.3 is 12.1 Å². The lowest BCUT2D eigenvalue weighted by Gasteiger charge is -2.35. The SMILES string of the molecule is CCCCCC[C@@H]1C(=O)O[C@H]1CCCCCC(C)(C)OC(N)=O. The van der Waals surface area contributed by atoms with Gasteiger partial charge in [-0.05, 0) is 46.0 Å². The van der Waals surface area contributed by atoms with Gasteiger partial charge in [-0.3, -0.25) is 4.79 Å². The van der Waals surface area contributed by atoms with Crippen molar-refractivity contribution < 1.29 is 19.1 Å². The zero-order chi connectivity index (χ0) is 17.3. The number of carbonyl (C=O) groups is 2. The van der Waals surface area contributed by atoms with Crippen LogP contribution in [0.15, 0.2) is 0 Å². The van der Waals surface area contributed by atoms with Crippen molar-refractivity contribution in [1.29, 1.82) is 0 Å². The molecule has 5 heteroatoms. The van der Waals surface area contributed by atoms with E-state index >= 15 is 0 Å². The minimum atomic E-state index is -0.720. The number of carbonyl (C=O) groups excluding carboxylic acids is 2. The molecule has 1 aliphatic rings. The first kappa shape index (κ1) is 19.8. The summed E-state index contributed by atoms with van der Waals surface area (Å²) in [6.45, 7) is 5.94. The van der Waals surface area contributed by atoms with Crippen LogP contribution < -0.4 is 5.73 Å². The molecule has 0 aromatic carbocycles. The molecule has 0 aromatic rings. The molecule has 1 saturated heterocycles. The standard InChI is InChI=1S/C18H33NO4/c1-4-5-6-8-11-14-15(22-16(14)20)12-9-7-10-13-18(2,3)23-17(19)21/h14-15H,4-13H2,1-3H3,(H2,19,21)/t14-,15-/m0/s1. The molecule has 1 amide bonds. The van der Waals surface area contributed by atoms with Crippen LogP contribution in [0.1, 0.15) is 85.0 Å². The van der Waals surface area contributed by atoms with Gasteiger partial charge in [0.2, 0.25) is 0 Å². The lowest BCUT2D eigenvalue weighted by molar-refractivity contribution is -0.186. The van der Waals surface area contributed by atoms with Gasteiger partial charge in [0.15, 0.2) is 0 Å². The molecule has 2 N–H and O–H groups in total. The van der Waals surface area contributed by atoms with Crippen molar-refractivity contribution in [2.24, 2.45) is 11.7 Å². The average molecular weight is 327 g/mol. The molecule has 134 valence electrons. The van der Waals surface area contributed by atoms with Crippen LogP contribution in [0.5, 0.6) is 0 Å². The Morgan fingerprint density at radius 2 is 1.78 bits per heavy atom. The van der Waals surface area contributed by atoms with E-state index in [0.29, 0.717) is 0 Å². The van der Waals surface area contributed by atoms with Crippen molar-refractivity contribution in [2.45, 2.75) is 96.7 Å². The van der Waals surface area contributed by atoms with Gasteiger partial charge in [0, 0.05) is 0 Å². The summed E-state index contributed by atoms with van der Waals surface area (Å²) in [6, 6.07) is 0. The fourth-order valence-corrected chi connectivity index (χ4v) is 3.15. The molecular weight excluding hydrogens is 294 g/mol. The highest BCUT2D eigenvalue weighted by Gasteiger charge is 2.40. The zero-order valence-corrected chi connectivity index (χ0v) is 14.9. The number of unbranched alkanes of at least 4 members (excludes halogenated alkanes) is 5. The van der Waals surface area contributed by atoms with E-state index in [1.807, 2.05) is 13.8 Å². The monoisotopic (exact) mass is 327 g/mol. The van der Waals surface area contributed by atoms with Gasteiger partial charge in [0.05, 0.1) is 5.92 Å². The second-order valence-electron chi connectivity index (χ2n) is 7.21. The molecule has 1 aliphatic heterocycles. The molecule has 0 spiro atoms. The Morgan fingerprint density at radius 1 is 1.13 bits per heavy atom. The Kier molecular flexibility index (Phi) is 8.42. The maximum atomic E-state index is 11.5. The van der Waals surface area contributed by atoms with Crippen molar-refractivity contribution in [3.8, 4) is 0 Å². The van der Waals surface area contributed by atoms with Gasteiger partial charge in [-0.15, -0.1) is 0 Å². The average Bonchev–Trinajstić information content (AvgIpc) is 2.44. The smallest absolute Gasteiger partial charge is 0.405 e. The molecule has 0 aliphatic carbocycles. The first-order chi connectivity index (χ1) is 10.9. The van der Waals surface area contributed by atoms with E-state index in [2.05, 4.69) is 6.92 Å². The summed E-state index contributed by atoms with van der Waals surface area (Å²) in [4.78, 5) is 22.3. The van der Waals surface area contributed by atoms with Crippen LogP contribution in [0, 0.1) is 5.92 Å². The van der Waals surface area contributed by atoms with Crippen LogP contribution in [0.25, 0.3) is 0 Å². The quantitative estimate of drug-likeness (QED) is 0.427. The van der Waals surface area contributed by atoms with Crippen LogP contribution >= 0.6 is 0 Å². The molecule has 5 nitrogen and oxygen atoms in total. The molecule has 0 radical (unpaired) electrons. The second kappa shape index (κ2) is 9.78. The highest BCUT2D eigenvalue weighted by Crippen LogP contribution is 2.31. The largest absolute Gasteiger partial charge is 0.461 e. The van der Waals surface area contributed by atoms with E-state index < -0.39 is 11.7 Å². The Balaban J connectivity index is 2.11. The lowest BCUT2D eigenvalue weighted by Crippen LogP contribution is -2.44. The van der Waals surface area contributed by atoms with Gasteiger partial charge in [0.25, 0.3) is 0 Å². The summed E-state index contributed by atoms with van der Waals surface area (Å²) < 4.78 is 10.3. The predicted octanol–water partition coefficient (Wildman–Crippen LogP) is 4.32. The van der Waals surface area contributed by atoms with Gasteiger partial charge in [0.1, 0.15) is 11.7 Å². The Morgan fingerprint density at radius 3 is 2.39 bits per heavy atom. The highest BCUT2D eigenvalue weighted by atomic mass is 16.6. The van der Waals surface area contributed by atoms with Crippen LogP contribution in [0.3, 0.4) is 0 Å². The number of hydrogen-bond acceptors (Lipinski definition) is 4. The van der Waals surface area contributed by atoms with Crippen molar-refractivity contribution in [3.05, 3.63) is 0 Å². The Hall–Kier alpha value is -1.26. The molecule has 1 rings (SSSR count). The molecule has 1 fully saturated rings. The molecule has 23 heavy (non-hydrogen) atoms. The number of cyclic esters (lactones) is 1. The van der Waals surface area contributed by atoms with Gasteiger partial charge in [-0.25, -0.2) is 4.79 Å². The van der Waals surface area contributed by atoms with E-state index in [1.54, 1.807) is 0 Å². The Bertz CT molecular complexity index is 381. The summed E-state index contributed by atoms with van der Waals surface area (Å²) in [6.07, 6.45) is 9.97. The van der Waals surface area contributed by atoms with Crippen LogP contribution in [0.2, 0.25) is 0 Å². The highest BCUT2D eigenvalue weighted by molar-refractivity contribution is 5.78. The maximum absolute atomic E-state index is 11.5. The predicted molar refractivity (Wildman–Crippen MR) is 90.0 cm³/mol. The van der Waals surface area contributed by atoms with Crippen molar-refractivity contribution in [2.75, 3.05) is 0 Å². The molecule has 0 saturated carbocycles. The van der Waals surface area contributed by atoms with Crippen molar-refractivity contribution >= 4 is 12.1 Å². The molecule has 2 atom stereocenters. The first-order valence-electron chi connectivity index (χ1n) is 9.04. The van der Waals surface area contributed by atoms with E-state index in [0.717, 1.165) is 44.9 Å². The van der Waals surface area contributed by atoms with Gasteiger partial charge in [-0.1, -0.05) is 39.0 Å². The van der Waals surface area contributed by atoms with Crippen molar-refractivity contribution in [3.63, 3.8) is 0 Å². The number of amides is 1. The van der Waals surface area contributed by atoms with E-state index in [1.165, 1.54) is 19.3 Å². The minimum absolute atomic E-state index is 0.0116.